The van der Waals surface area contributed by atoms with E-state index in [0.29, 0.717) is 19.3 Å². The number of ether oxygens (including phenoxy) is 3. The van der Waals surface area contributed by atoms with Crippen molar-refractivity contribution in [3.05, 3.63) is 0 Å². The summed E-state index contributed by atoms with van der Waals surface area (Å²) in [6.45, 7) is 4.51. The van der Waals surface area contributed by atoms with Gasteiger partial charge in [-0.2, -0.15) is 0 Å². The molecule has 0 saturated carbocycles. The lowest BCUT2D eigenvalue weighted by Crippen LogP contribution is -2.35. The summed E-state index contributed by atoms with van der Waals surface area (Å²) in [5, 5.41) is 0. The van der Waals surface area contributed by atoms with Crippen molar-refractivity contribution in [2.75, 3.05) is 40.0 Å². The normalized spacial score (nSPS) is 28.4. The Morgan fingerprint density at radius 3 is 2.53 bits per heavy atom. The second-order valence-electron chi connectivity index (χ2n) is 5.04. The molecule has 2 saturated heterocycles. The number of nitrogens with zero attached hydrogens (tertiary/aromatic N) is 1. The van der Waals surface area contributed by atoms with Crippen LogP contribution in [-0.2, 0) is 14.2 Å². The van der Waals surface area contributed by atoms with Gasteiger partial charge in [-0.15, -0.1) is 0 Å². The van der Waals surface area contributed by atoms with Crippen LogP contribution in [0.2, 0.25) is 0 Å². The molecule has 0 aromatic rings. The maximum Gasteiger partial charge on any atom is 0.157 e. The van der Waals surface area contributed by atoms with Gasteiger partial charge >= 0.3 is 0 Å². The molecular formula is C13H25NO3. The van der Waals surface area contributed by atoms with Crippen molar-refractivity contribution in [3.8, 4) is 0 Å². The number of rotatable bonds is 5. The molecule has 0 aromatic carbocycles. The lowest BCUT2D eigenvalue weighted by atomic mass is 10.1. The molecule has 0 spiro atoms. The second-order valence-corrected chi connectivity index (χ2v) is 5.04. The lowest BCUT2D eigenvalue weighted by Gasteiger charge is -2.29. The molecule has 2 fully saturated rings. The molecule has 100 valence electrons. The van der Waals surface area contributed by atoms with Gasteiger partial charge < -0.3 is 19.1 Å². The van der Waals surface area contributed by atoms with Crippen LogP contribution in [0.1, 0.15) is 32.1 Å². The van der Waals surface area contributed by atoms with Crippen LogP contribution in [0.15, 0.2) is 0 Å². The standard InChI is InChI=1S/C13H25NO3/c1-14-7-5-12(6-8-14)15-10-11-17-13-4-2-3-9-16-13/h12-13H,2-11H2,1H3. The summed E-state index contributed by atoms with van der Waals surface area (Å²) < 4.78 is 17.0. The predicted octanol–water partition coefficient (Wildman–Crippen LogP) is 1.64. The summed E-state index contributed by atoms with van der Waals surface area (Å²) in [4.78, 5) is 2.35. The Labute approximate surface area is 104 Å². The molecule has 0 aliphatic carbocycles. The highest BCUT2D eigenvalue weighted by molar-refractivity contribution is 4.69. The van der Waals surface area contributed by atoms with Crippen LogP contribution >= 0.6 is 0 Å². The largest absolute Gasteiger partial charge is 0.376 e. The number of piperidine rings is 1. The van der Waals surface area contributed by atoms with Gasteiger partial charge in [-0.25, -0.2) is 0 Å². The van der Waals surface area contributed by atoms with Crippen LogP contribution in [0, 0.1) is 0 Å². The van der Waals surface area contributed by atoms with E-state index in [4.69, 9.17) is 14.2 Å². The van der Waals surface area contributed by atoms with Crippen molar-refractivity contribution < 1.29 is 14.2 Å². The van der Waals surface area contributed by atoms with Gasteiger partial charge in [0.1, 0.15) is 0 Å². The molecule has 2 heterocycles. The van der Waals surface area contributed by atoms with Gasteiger partial charge in [-0.05, 0) is 39.2 Å². The Hall–Kier alpha value is -0.160. The molecule has 4 nitrogen and oxygen atoms in total. The van der Waals surface area contributed by atoms with Crippen molar-refractivity contribution in [3.63, 3.8) is 0 Å². The second kappa shape index (κ2) is 7.31. The molecule has 0 radical (unpaired) electrons. The van der Waals surface area contributed by atoms with E-state index in [9.17, 15) is 0 Å². The third kappa shape index (κ3) is 4.92. The van der Waals surface area contributed by atoms with Crippen molar-refractivity contribution in [1.29, 1.82) is 0 Å². The summed E-state index contributed by atoms with van der Waals surface area (Å²) in [7, 11) is 2.17. The molecule has 2 aliphatic rings. The fourth-order valence-corrected chi connectivity index (χ4v) is 2.39. The zero-order chi connectivity index (χ0) is 11.9. The van der Waals surface area contributed by atoms with Gasteiger partial charge in [0, 0.05) is 19.7 Å². The van der Waals surface area contributed by atoms with Crippen molar-refractivity contribution in [2.45, 2.75) is 44.5 Å². The number of likely N-dealkylation sites (tertiary alicyclic amines) is 1. The molecule has 0 N–H and O–H groups in total. The maximum atomic E-state index is 5.82. The topological polar surface area (TPSA) is 30.9 Å². The van der Waals surface area contributed by atoms with Crippen LogP contribution in [0.4, 0.5) is 0 Å². The van der Waals surface area contributed by atoms with Crippen molar-refractivity contribution in [1.82, 2.24) is 4.90 Å². The molecule has 4 heteroatoms. The third-order valence-electron chi connectivity index (χ3n) is 3.54. The lowest BCUT2D eigenvalue weighted by molar-refractivity contribution is -0.172. The Morgan fingerprint density at radius 1 is 1.06 bits per heavy atom. The summed E-state index contributed by atoms with van der Waals surface area (Å²) in [6.07, 6.45) is 6.18. The third-order valence-corrected chi connectivity index (χ3v) is 3.54. The van der Waals surface area contributed by atoms with Gasteiger partial charge in [0.05, 0.1) is 19.3 Å². The summed E-state index contributed by atoms with van der Waals surface area (Å²) in [5.41, 5.74) is 0. The SMILES string of the molecule is CN1CCC(OCCOC2CCCCO2)CC1. The van der Waals surface area contributed by atoms with Crippen LogP contribution < -0.4 is 0 Å². The Kier molecular flexibility index (Phi) is 5.71. The van der Waals surface area contributed by atoms with E-state index in [2.05, 4.69) is 11.9 Å². The minimum Gasteiger partial charge on any atom is -0.376 e. The van der Waals surface area contributed by atoms with Crippen LogP contribution in [-0.4, -0.2) is 57.3 Å². The van der Waals surface area contributed by atoms with E-state index in [1.54, 1.807) is 0 Å². The molecule has 1 atom stereocenters. The summed E-state index contributed by atoms with van der Waals surface area (Å²) in [6, 6.07) is 0. The van der Waals surface area contributed by atoms with Crippen LogP contribution in [0.3, 0.4) is 0 Å². The molecule has 1 unspecified atom stereocenters. The molecule has 17 heavy (non-hydrogen) atoms. The highest BCUT2D eigenvalue weighted by Crippen LogP contribution is 2.14. The Bertz CT molecular complexity index is 199. The fraction of sp³-hybridized carbons (Fsp3) is 1.00. The smallest absolute Gasteiger partial charge is 0.157 e. The maximum absolute atomic E-state index is 5.82. The summed E-state index contributed by atoms with van der Waals surface area (Å²) >= 11 is 0. The first kappa shape index (κ1) is 13.3. The van der Waals surface area contributed by atoms with E-state index >= 15 is 0 Å². The first-order chi connectivity index (χ1) is 8.34. The van der Waals surface area contributed by atoms with E-state index in [0.717, 1.165) is 39.0 Å². The molecular weight excluding hydrogens is 218 g/mol. The van der Waals surface area contributed by atoms with Crippen LogP contribution in [0.5, 0.6) is 0 Å². The van der Waals surface area contributed by atoms with Crippen molar-refractivity contribution >= 4 is 0 Å². The monoisotopic (exact) mass is 243 g/mol. The van der Waals surface area contributed by atoms with E-state index in [1.807, 2.05) is 0 Å². The highest BCUT2D eigenvalue weighted by atomic mass is 16.7. The first-order valence-corrected chi connectivity index (χ1v) is 6.88. The Balaban J connectivity index is 1.48. The molecule has 0 aromatic heterocycles. The fourth-order valence-electron chi connectivity index (χ4n) is 2.39. The van der Waals surface area contributed by atoms with Gasteiger partial charge in [0.15, 0.2) is 6.29 Å². The minimum absolute atomic E-state index is 0.0184. The minimum atomic E-state index is 0.0184. The quantitative estimate of drug-likeness (QED) is 0.687. The van der Waals surface area contributed by atoms with E-state index in [-0.39, 0.29) is 6.29 Å². The van der Waals surface area contributed by atoms with Gasteiger partial charge in [0.2, 0.25) is 0 Å². The van der Waals surface area contributed by atoms with Gasteiger partial charge in [-0.1, -0.05) is 0 Å². The molecule has 0 amide bonds. The van der Waals surface area contributed by atoms with Crippen molar-refractivity contribution in [2.24, 2.45) is 0 Å². The van der Waals surface area contributed by atoms with Gasteiger partial charge in [0.25, 0.3) is 0 Å². The number of hydrogen-bond donors (Lipinski definition) is 0. The van der Waals surface area contributed by atoms with E-state index in [1.165, 1.54) is 12.8 Å². The predicted molar refractivity (Wildman–Crippen MR) is 66.0 cm³/mol. The number of hydrogen-bond acceptors (Lipinski definition) is 4. The average Bonchev–Trinajstić information content (AvgIpc) is 2.38. The zero-order valence-electron chi connectivity index (χ0n) is 10.9. The molecule has 2 aliphatic heterocycles. The molecule has 0 bridgehead atoms. The summed E-state index contributed by atoms with van der Waals surface area (Å²) in [5.74, 6) is 0. The van der Waals surface area contributed by atoms with Crippen LogP contribution in [0.25, 0.3) is 0 Å². The molecule has 2 rings (SSSR count). The zero-order valence-corrected chi connectivity index (χ0v) is 10.9. The van der Waals surface area contributed by atoms with Gasteiger partial charge in [-0.3, -0.25) is 0 Å². The Morgan fingerprint density at radius 2 is 1.82 bits per heavy atom. The average molecular weight is 243 g/mol. The van der Waals surface area contributed by atoms with E-state index < -0.39 is 0 Å². The first-order valence-electron chi connectivity index (χ1n) is 6.88. The highest BCUT2D eigenvalue weighted by Gasteiger charge is 2.17.